The second-order valence-electron chi connectivity index (χ2n) is 6.31. The number of aromatic nitrogens is 2. The van der Waals surface area contributed by atoms with Gasteiger partial charge in [-0.1, -0.05) is 30.3 Å². The molecular formula is C18H24N4O2. The molecule has 1 saturated heterocycles. The van der Waals surface area contributed by atoms with E-state index in [4.69, 9.17) is 4.74 Å². The number of benzene rings is 1. The van der Waals surface area contributed by atoms with Crippen molar-refractivity contribution in [1.82, 2.24) is 15.1 Å². The number of amides is 2. The molecule has 2 N–H and O–H groups in total. The molecule has 0 radical (unpaired) electrons. The molecule has 1 aromatic carbocycles. The van der Waals surface area contributed by atoms with Gasteiger partial charge < -0.3 is 10.1 Å². The molecule has 2 heterocycles. The van der Waals surface area contributed by atoms with Crippen LogP contribution < -0.4 is 10.6 Å². The molecule has 1 aliphatic heterocycles. The molecule has 0 bridgehead atoms. The molecule has 2 aromatic rings. The normalized spacial score (nSPS) is 18.5. The van der Waals surface area contributed by atoms with Gasteiger partial charge in [0.05, 0.1) is 12.1 Å². The van der Waals surface area contributed by atoms with Crippen molar-refractivity contribution in [2.75, 3.05) is 11.9 Å². The molecule has 2 atom stereocenters. The molecule has 0 spiro atoms. The van der Waals surface area contributed by atoms with Crippen LogP contribution in [-0.4, -0.2) is 28.5 Å². The van der Waals surface area contributed by atoms with Gasteiger partial charge in [0.1, 0.15) is 0 Å². The number of ether oxygens (including phenoxy) is 1. The molecule has 128 valence electrons. The summed E-state index contributed by atoms with van der Waals surface area (Å²) in [4.78, 5) is 12.4. The van der Waals surface area contributed by atoms with Crippen molar-refractivity contribution in [3.63, 3.8) is 0 Å². The fourth-order valence-corrected chi connectivity index (χ4v) is 2.90. The first kappa shape index (κ1) is 16.5. The molecule has 1 aromatic heterocycles. The highest BCUT2D eigenvalue weighted by atomic mass is 16.5. The van der Waals surface area contributed by atoms with E-state index in [1.807, 2.05) is 55.1 Å². The van der Waals surface area contributed by atoms with Gasteiger partial charge in [0.25, 0.3) is 0 Å². The monoisotopic (exact) mass is 328 g/mol. The number of hydrogen-bond donors (Lipinski definition) is 2. The minimum atomic E-state index is -0.270. The van der Waals surface area contributed by atoms with Crippen LogP contribution in [0, 0.1) is 0 Å². The smallest absolute Gasteiger partial charge is 0.321 e. The highest BCUT2D eigenvalue weighted by molar-refractivity contribution is 5.88. The Morgan fingerprint density at radius 3 is 2.71 bits per heavy atom. The summed E-state index contributed by atoms with van der Waals surface area (Å²) < 4.78 is 7.60. The van der Waals surface area contributed by atoms with Crippen LogP contribution in [0.5, 0.6) is 0 Å². The van der Waals surface area contributed by atoms with Crippen molar-refractivity contribution in [1.29, 1.82) is 0 Å². The van der Waals surface area contributed by atoms with Crippen LogP contribution in [0.1, 0.15) is 44.3 Å². The molecule has 24 heavy (non-hydrogen) atoms. The molecule has 6 nitrogen and oxygen atoms in total. The van der Waals surface area contributed by atoms with Gasteiger partial charge in [-0.15, -0.1) is 0 Å². The van der Waals surface area contributed by atoms with Crippen LogP contribution in [0.4, 0.5) is 10.6 Å². The first-order chi connectivity index (χ1) is 11.6. The average Bonchev–Trinajstić information content (AvgIpc) is 3.25. The molecule has 1 fully saturated rings. The maximum Gasteiger partial charge on any atom is 0.321 e. The topological polar surface area (TPSA) is 68.2 Å². The van der Waals surface area contributed by atoms with Gasteiger partial charge >= 0.3 is 6.03 Å². The Balaban J connectivity index is 1.68. The van der Waals surface area contributed by atoms with Gasteiger partial charge in [0.2, 0.25) is 0 Å². The van der Waals surface area contributed by atoms with Crippen LogP contribution in [0.25, 0.3) is 0 Å². The van der Waals surface area contributed by atoms with Crippen LogP contribution >= 0.6 is 0 Å². The maximum atomic E-state index is 12.4. The zero-order valence-corrected chi connectivity index (χ0v) is 14.1. The lowest BCUT2D eigenvalue weighted by Gasteiger charge is -2.24. The zero-order chi connectivity index (χ0) is 16.9. The number of nitrogens with zero attached hydrogens (tertiary/aromatic N) is 2. The molecule has 3 rings (SSSR count). The lowest BCUT2D eigenvalue weighted by molar-refractivity contribution is 0.0815. The summed E-state index contributed by atoms with van der Waals surface area (Å²) in [7, 11) is 0. The van der Waals surface area contributed by atoms with Gasteiger partial charge in [-0.2, -0.15) is 5.10 Å². The van der Waals surface area contributed by atoms with Gasteiger partial charge in [0.15, 0.2) is 5.82 Å². The fraction of sp³-hybridized carbons (Fsp3) is 0.444. The minimum Gasteiger partial charge on any atom is -0.376 e. The van der Waals surface area contributed by atoms with E-state index in [1.54, 1.807) is 6.07 Å². The Kier molecular flexibility index (Phi) is 5.15. The number of carbonyl (C=O) groups excluding carboxylic acids is 1. The fourth-order valence-electron chi connectivity index (χ4n) is 2.90. The van der Waals surface area contributed by atoms with Crippen molar-refractivity contribution in [3.05, 3.63) is 48.2 Å². The number of carbonyl (C=O) groups is 1. The number of hydrogen-bond acceptors (Lipinski definition) is 3. The molecule has 1 aliphatic rings. The highest BCUT2D eigenvalue weighted by Crippen LogP contribution is 2.27. The van der Waals surface area contributed by atoms with Crippen LogP contribution in [-0.2, 0) is 4.74 Å². The maximum absolute atomic E-state index is 12.4. The number of nitrogens with one attached hydrogen (secondary N) is 2. The van der Waals surface area contributed by atoms with Crippen LogP contribution in [0.15, 0.2) is 42.6 Å². The summed E-state index contributed by atoms with van der Waals surface area (Å²) in [5, 5.41) is 10.2. The van der Waals surface area contributed by atoms with E-state index in [-0.39, 0.29) is 24.2 Å². The van der Waals surface area contributed by atoms with Crippen LogP contribution in [0.3, 0.4) is 0 Å². The van der Waals surface area contributed by atoms with E-state index in [0.717, 1.165) is 25.0 Å². The first-order valence-corrected chi connectivity index (χ1v) is 8.42. The SMILES string of the molecule is CC(C)n1ccc(NC(=O)N[C@@H](c2ccccc2)[C@@H]2CCCO2)n1. The van der Waals surface area contributed by atoms with Gasteiger partial charge in [-0.05, 0) is 32.3 Å². The third kappa shape index (κ3) is 3.94. The average molecular weight is 328 g/mol. The first-order valence-electron chi connectivity index (χ1n) is 8.42. The van der Waals surface area contributed by atoms with E-state index in [2.05, 4.69) is 15.7 Å². The molecule has 2 amide bonds. The van der Waals surface area contributed by atoms with E-state index >= 15 is 0 Å². The molecule has 0 aliphatic carbocycles. The van der Waals surface area contributed by atoms with Crippen molar-refractivity contribution in [3.8, 4) is 0 Å². The number of rotatable bonds is 5. The summed E-state index contributed by atoms with van der Waals surface area (Å²) in [6.45, 7) is 4.83. The zero-order valence-electron chi connectivity index (χ0n) is 14.1. The number of urea groups is 1. The Bertz CT molecular complexity index is 663. The minimum absolute atomic E-state index is 0.00590. The Hall–Kier alpha value is -2.34. The lowest BCUT2D eigenvalue weighted by Crippen LogP contribution is -2.38. The third-order valence-corrected chi connectivity index (χ3v) is 4.16. The van der Waals surface area contributed by atoms with Crippen molar-refractivity contribution in [2.24, 2.45) is 0 Å². The van der Waals surface area contributed by atoms with E-state index < -0.39 is 0 Å². The van der Waals surface area contributed by atoms with E-state index in [9.17, 15) is 4.79 Å². The van der Waals surface area contributed by atoms with Crippen molar-refractivity contribution >= 4 is 11.8 Å². The molecule has 0 unspecified atom stereocenters. The van der Waals surface area contributed by atoms with E-state index in [1.165, 1.54) is 0 Å². The summed E-state index contributed by atoms with van der Waals surface area (Å²) in [6.07, 6.45) is 3.83. The number of anilines is 1. The largest absolute Gasteiger partial charge is 0.376 e. The standard InChI is InChI=1S/C18H24N4O2/c1-13(2)22-11-10-16(21-22)19-18(23)20-17(15-9-6-12-24-15)14-7-4-3-5-8-14/h3-5,7-8,10-11,13,15,17H,6,9,12H2,1-2H3,(H2,19,20,21,23)/t15-,17-/m0/s1. The van der Waals surface area contributed by atoms with Crippen LogP contribution in [0.2, 0.25) is 0 Å². The second-order valence-corrected chi connectivity index (χ2v) is 6.31. The molecule has 6 heteroatoms. The summed E-state index contributed by atoms with van der Waals surface area (Å²) in [5.74, 6) is 0.542. The van der Waals surface area contributed by atoms with Gasteiger partial charge in [0, 0.05) is 24.9 Å². The van der Waals surface area contributed by atoms with Gasteiger partial charge in [-0.25, -0.2) is 4.79 Å². The summed E-state index contributed by atoms with van der Waals surface area (Å²) in [5.41, 5.74) is 1.05. The third-order valence-electron chi connectivity index (χ3n) is 4.16. The van der Waals surface area contributed by atoms with Crippen molar-refractivity contribution in [2.45, 2.75) is 44.9 Å². The van der Waals surface area contributed by atoms with Gasteiger partial charge in [-0.3, -0.25) is 10.00 Å². The second kappa shape index (κ2) is 7.49. The predicted molar refractivity (Wildman–Crippen MR) is 92.9 cm³/mol. The van der Waals surface area contributed by atoms with E-state index in [0.29, 0.717) is 5.82 Å². The summed E-state index contributed by atoms with van der Waals surface area (Å²) in [6, 6.07) is 11.6. The lowest BCUT2D eigenvalue weighted by atomic mass is 9.99. The Labute approximate surface area is 142 Å². The molecule has 0 saturated carbocycles. The Morgan fingerprint density at radius 2 is 2.08 bits per heavy atom. The molecular weight excluding hydrogens is 304 g/mol. The predicted octanol–water partition coefficient (Wildman–Crippen LogP) is 3.51. The quantitative estimate of drug-likeness (QED) is 0.882. The van der Waals surface area contributed by atoms with Crippen molar-refractivity contribution < 1.29 is 9.53 Å². The highest BCUT2D eigenvalue weighted by Gasteiger charge is 2.28. The summed E-state index contributed by atoms with van der Waals surface area (Å²) >= 11 is 0. The Morgan fingerprint density at radius 1 is 1.29 bits per heavy atom.